The van der Waals surface area contributed by atoms with E-state index in [2.05, 4.69) is 176 Å². The van der Waals surface area contributed by atoms with E-state index < -0.39 is 5.41 Å². The summed E-state index contributed by atoms with van der Waals surface area (Å²) in [5, 5.41) is 3.07. The van der Waals surface area contributed by atoms with Crippen molar-refractivity contribution in [3.05, 3.63) is 241 Å². The zero-order valence-corrected chi connectivity index (χ0v) is 34.5. The van der Waals surface area contributed by atoms with Crippen LogP contribution in [0, 0.1) is 0 Å². The van der Waals surface area contributed by atoms with Crippen LogP contribution in [0.25, 0.3) is 89.4 Å². The molecule has 0 atom stereocenters. The van der Waals surface area contributed by atoms with Crippen LogP contribution in [0.5, 0.6) is 11.5 Å². The van der Waals surface area contributed by atoms with E-state index in [0.29, 0.717) is 17.5 Å². The van der Waals surface area contributed by atoms with Crippen molar-refractivity contribution in [3.8, 4) is 79.2 Å². The number of fused-ring (bicyclic) bond motifs is 12. The van der Waals surface area contributed by atoms with E-state index in [1.165, 1.54) is 22.3 Å². The van der Waals surface area contributed by atoms with Crippen molar-refractivity contribution in [2.75, 3.05) is 0 Å². The molecule has 3 heterocycles. The lowest BCUT2D eigenvalue weighted by atomic mass is 9.65. The van der Waals surface area contributed by atoms with Gasteiger partial charge in [0.2, 0.25) is 0 Å². The maximum absolute atomic E-state index is 6.99. The maximum Gasteiger partial charge on any atom is 0.164 e. The standard InChI is InChI=1S/C59H36N4O/c1-4-17-37(18-5-1)40-23-16-24-41(33-40)57-61-56(39-21-8-3-9-22-39)62-58(63-57)42-31-32-52-46(34-42)45-35-51-54(36-47(45)55(60-52)38-19-6-2-7-20-38)64-53-30-15-14-29-50(53)59(51)48-27-12-10-25-43(48)44-26-11-13-28-49(44)59/h1-36H. The van der Waals surface area contributed by atoms with Crippen LogP contribution in [0.15, 0.2) is 218 Å². The minimum Gasteiger partial charge on any atom is -0.457 e. The molecule has 0 fully saturated rings. The Morgan fingerprint density at radius 2 is 0.828 bits per heavy atom. The summed E-state index contributed by atoms with van der Waals surface area (Å²) in [6.07, 6.45) is 0. The molecule has 2 aromatic heterocycles. The van der Waals surface area contributed by atoms with Crippen molar-refractivity contribution >= 4 is 21.7 Å². The first-order chi connectivity index (χ1) is 31.7. The number of hydrogen-bond acceptors (Lipinski definition) is 5. The Morgan fingerprint density at radius 1 is 0.297 bits per heavy atom. The van der Waals surface area contributed by atoms with Crippen LogP contribution >= 0.6 is 0 Å². The summed E-state index contributed by atoms with van der Waals surface area (Å²) in [4.78, 5) is 20.9. The summed E-state index contributed by atoms with van der Waals surface area (Å²) in [5.41, 5.74) is 14.3. The zero-order chi connectivity index (χ0) is 42.2. The third-order valence-corrected chi connectivity index (χ3v) is 13.0. The van der Waals surface area contributed by atoms with Gasteiger partial charge in [0.15, 0.2) is 17.5 Å². The van der Waals surface area contributed by atoms with Gasteiger partial charge in [-0.1, -0.05) is 176 Å². The number of rotatable bonds is 5. The third kappa shape index (κ3) is 5.51. The number of hydrogen-bond donors (Lipinski definition) is 0. The molecule has 0 saturated carbocycles. The van der Waals surface area contributed by atoms with Gasteiger partial charge >= 0.3 is 0 Å². The molecule has 298 valence electrons. The lowest BCUT2D eigenvalue weighted by Crippen LogP contribution is -2.32. The van der Waals surface area contributed by atoms with E-state index >= 15 is 0 Å². The lowest BCUT2D eigenvalue weighted by Gasteiger charge is -2.39. The molecule has 1 aliphatic heterocycles. The van der Waals surface area contributed by atoms with Gasteiger partial charge in [0.05, 0.1) is 16.6 Å². The first-order valence-electron chi connectivity index (χ1n) is 21.6. The quantitative estimate of drug-likeness (QED) is 0.162. The molecule has 0 saturated heterocycles. The Kier molecular flexibility index (Phi) is 8.06. The molecular weight excluding hydrogens is 781 g/mol. The largest absolute Gasteiger partial charge is 0.457 e. The molecule has 13 rings (SSSR count). The monoisotopic (exact) mass is 816 g/mol. The predicted octanol–water partition coefficient (Wildman–Crippen LogP) is 14.4. The highest BCUT2D eigenvalue weighted by molar-refractivity contribution is 6.13. The van der Waals surface area contributed by atoms with Gasteiger partial charge in [-0.05, 0) is 81.2 Å². The number of ether oxygens (including phenoxy) is 1. The van der Waals surface area contributed by atoms with Gasteiger partial charge in [-0.2, -0.15) is 0 Å². The Balaban J connectivity index is 1.08. The topological polar surface area (TPSA) is 60.8 Å². The Hall–Kier alpha value is -8.54. The van der Waals surface area contributed by atoms with E-state index in [9.17, 15) is 0 Å². The maximum atomic E-state index is 6.99. The van der Waals surface area contributed by atoms with Crippen molar-refractivity contribution in [1.82, 2.24) is 19.9 Å². The number of benzene rings is 9. The zero-order valence-electron chi connectivity index (χ0n) is 34.5. The molecule has 1 aliphatic carbocycles. The van der Waals surface area contributed by atoms with Crippen molar-refractivity contribution < 1.29 is 4.74 Å². The molecule has 0 bridgehead atoms. The summed E-state index contributed by atoms with van der Waals surface area (Å²) in [6.45, 7) is 0. The fourth-order valence-electron chi connectivity index (χ4n) is 10.1. The molecule has 5 nitrogen and oxygen atoms in total. The van der Waals surface area contributed by atoms with Gasteiger partial charge in [0.1, 0.15) is 11.5 Å². The van der Waals surface area contributed by atoms with Crippen LogP contribution in [0.4, 0.5) is 0 Å². The van der Waals surface area contributed by atoms with Gasteiger partial charge in [-0.3, -0.25) is 0 Å². The Morgan fingerprint density at radius 3 is 1.52 bits per heavy atom. The Labute approximate surface area is 370 Å². The molecule has 11 aromatic rings. The average molecular weight is 817 g/mol. The molecule has 0 N–H and O–H groups in total. The summed E-state index contributed by atoms with van der Waals surface area (Å²) in [6, 6.07) is 76.7. The van der Waals surface area contributed by atoms with Gasteiger partial charge < -0.3 is 4.74 Å². The van der Waals surface area contributed by atoms with Crippen LogP contribution in [0.3, 0.4) is 0 Å². The van der Waals surface area contributed by atoms with E-state index in [-0.39, 0.29) is 0 Å². The second-order valence-electron chi connectivity index (χ2n) is 16.5. The Bertz CT molecular complexity index is 3600. The van der Waals surface area contributed by atoms with Gasteiger partial charge in [0.25, 0.3) is 0 Å². The van der Waals surface area contributed by atoms with Gasteiger partial charge in [-0.15, -0.1) is 0 Å². The highest BCUT2D eigenvalue weighted by Gasteiger charge is 2.51. The number of aromatic nitrogens is 4. The molecule has 2 aliphatic rings. The minimum atomic E-state index is -0.617. The van der Waals surface area contributed by atoms with Crippen molar-refractivity contribution in [1.29, 1.82) is 0 Å². The highest BCUT2D eigenvalue weighted by atomic mass is 16.5. The molecule has 0 radical (unpaired) electrons. The third-order valence-electron chi connectivity index (χ3n) is 13.0. The number of nitrogens with zero attached hydrogens (tertiary/aromatic N) is 4. The van der Waals surface area contributed by atoms with Crippen molar-refractivity contribution in [2.45, 2.75) is 5.41 Å². The molecule has 0 amide bonds. The SMILES string of the molecule is c1ccc(-c2cccc(-c3nc(-c4ccccc4)nc(-c4ccc5nc(-c6ccccc6)c6cc7c(cc6c5c4)C4(c5ccccc5O7)c5ccccc5-c5ccccc54)n3)c2)cc1. The first kappa shape index (κ1) is 36.1. The molecule has 64 heavy (non-hydrogen) atoms. The lowest BCUT2D eigenvalue weighted by molar-refractivity contribution is 0.437. The molecule has 1 spiro atoms. The fourth-order valence-corrected chi connectivity index (χ4v) is 10.1. The van der Waals surface area contributed by atoms with Crippen LogP contribution in [-0.4, -0.2) is 19.9 Å². The van der Waals surface area contributed by atoms with E-state index in [0.717, 1.165) is 83.4 Å². The molecular formula is C59H36N4O. The van der Waals surface area contributed by atoms with Crippen LogP contribution in [-0.2, 0) is 5.41 Å². The van der Waals surface area contributed by atoms with E-state index in [1.807, 2.05) is 42.5 Å². The number of pyridine rings is 1. The fraction of sp³-hybridized carbons (Fsp3) is 0.0169. The van der Waals surface area contributed by atoms with Crippen molar-refractivity contribution in [2.24, 2.45) is 0 Å². The molecule has 0 unspecified atom stereocenters. The second-order valence-corrected chi connectivity index (χ2v) is 16.5. The first-order valence-corrected chi connectivity index (χ1v) is 21.6. The predicted molar refractivity (Wildman–Crippen MR) is 257 cm³/mol. The minimum absolute atomic E-state index is 0.585. The average Bonchev–Trinajstić information content (AvgIpc) is 3.66. The summed E-state index contributed by atoms with van der Waals surface area (Å²) < 4.78 is 6.99. The smallest absolute Gasteiger partial charge is 0.164 e. The number of para-hydroxylation sites is 1. The van der Waals surface area contributed by atoms with Crippen LogP contribution < -0.4 is 4.74 Å². The summed E-state index contributed by atoms with van der Waals surface area (Å²) >= 11 is 0. The van der Waals surface area contributed by atoms with Gasteiger partial charge in [-0.25, -0.2) is 19.9 Å². The van der Waals surface area contributed by atoms with E-state index in [4.69, 9.17) is 24.7 Å². The second kappa shape index (κ2) is 14.3. The normalized spacial score (nSPS) is 12.9. The molecule has 9 aromatic carbocycles. The van der Waals surface area contributed by atoms with Crippen LogP contribution in [0.2, 0.25) is 0 Å². The van der Waals surface area contributed by atoms with Gasteiger partial charge in [0, 0.05) is 44.2 Å². The van der Waals surface area contributed by atoms with E-state index in [1.54, 1.807) is 0 Å². The van der Waals surface area contributed by atoms with Crippen molar-refractivity contribution in [3.63, 3.8) is 0 Å². The summed E-state index contributed by atoms with van der Waals surface area (Å²) in [5.74, 6) is 3.47. The van der Waals surface area contributed by atoms with Crippen LogP contribution in [0.1, 0.15) is 22.3 Å². The summed E-state index contributed by atoms with van der Waals surface area (Å²) in [7, 11) is 0. The molecule has 5 heteroatoms. The highest BCUT2D eigenvalue weighted by Crippen LogP contribution is 2.62.